The minimum absolute atomic E-state index is 0.277. The second kappa shape index (κ2) is 8.51. The van der Waals surface area contributed by atoms with E-state index in [4.69, 9.17) is 0 Å². The summed E-state index contributed by atoms with van der Waals surface area (Å²) in [5.41, 5.74) is 7.01. The van der Waals surface area contributed by atoms with Gasteiger partial charge in [-0.1, -0.05) is 58.7 Å². The van der Waals surface area contributed by atoms with Gasteiger partial charge in [0, 0.05) is 22.3 Å². The Morgan fingerprint density at radius 3 is 1.22 bits per heavy atom. The molecular weight excluding hydrogens is 402 g/mol. The highest BCUT2D eigenvalue weighted by Gasteiger charge is 2.16. The lowest BCUT2D eigenvalue weighted by molar-refractivity contribution is 0.103. The number of halogens is 2. The molecule has 0 aliphatic rings. The molecule has 0 atom stereocenters. The predicted molar refractivity (Wildman–Crippen MR) is 126 cm³/mol. The number of aryl methyl sites for hydroxylation is 4. The second-order valence-corrected chi connectivity index (χ2v) is 8.47. The fraction of sp³-hybridized carbons (Fsp3) is 0.138. The van der Waals surface area contributed by atoms with Crippen molar-refractivity contribution in [3.63, 3.8) is 0 Å². The first-order valence-corrected chi connectivity index (χ1v) is 10.5. The third kappa shape index (κ3) is 4.38. The Hall–Kier alpha value is -3.59. The highest BCUT2D eigenvalue weighted by atomic mass is 19.1. The normalized spacial score (nSPS) is 10.9. The summed E-state index contributed by atoms with van der Waals surface area (Å²) in [6, 6.07) is 20.4. The minimum atomic E-state index is -0.387. The largest absolute Gasteiger partial charge is 0.289 e. The van der Waals surface area contributed by atoms with Gasteiger partial charge in [-0.25, -0.2) is 8.78 Å². The van der Waals surface area contributed by atoms with Crippen molar-refractivity contribution in [3.05, 3.63) is 118 Å². The van der Waals surface area contributed by atoms with E-state index in [1.807, 2.05) is 64.1 Å². The number of carbonyl (C=O) groups is 1. The Morgan fingerprint density at radius 2 is 0.875 bits per heavy atom. The Morgan fingerprint density at radius 1 is 0.531 bits per heavy atom. The van der Waals surface area contributed by atoms with Crippen molar-refractivity contribution >= 4 is 5.78 Å². The summed E-state index contributed by atoms with van der Waals surface area (Å²) in [4.78, 5) is 13.3. The average molecular weight is 427 g/mol. The van der Waals surface area contributed by atoms with E-state index in [1.54, 1.807) is 12.1 Å². The molecule has 0 bridgehead atoms. The van der Waals surface area contributed by atoms with Crippen LogP contribution in [0.5, 0.6) is 0 Å². The molecular formula is C29H24F2O. The molecule has 32 heavy (non-hydrogen) atoms. The molecule has 0 heterocycles. The van der Waals surface area contributed by atoms with E-state index in [2.05, 4.69) is 0 Å². The molecule has 0 saturated carbocycles. The maximum Gasteiger partial charge on any atom is 0.193 e. The van der Waals surface area contributed by atoms with Gasteiger partial charge in [0.25, 0.3) is 0 Å². The average Bonchev–Trinajstić information content (AvgIpc) is 2.72. The molecule has 0 spiro atoms. The Bertz CT molecular complexity index is 1210. The highest BCUT2D eigenvalue weighted by molar-refractivity contribution is 6.10. The fourth-order valence-electron chi connectivity index (χ4n) is 4.20. The maximum absolute atomic E-state index is 14.6. The molecule has 0 saturated heterocycles. The first-order chi connectivity index (χ1) is 15.2. The van der Waals surface area contributed by atoms with Gasteiger partial charge < -0.3 is 0 Å². The van der Waals surface area contributed by atoms with Crippen molar-refractivity contribution < 1.29 is 13.6 Å². The lowest BCUT2D eigenvalue weighted by atomic mass is 9.93. The quantitative estimate of drug-likeness (QED) is 0.305. The fourth-order valence-corrected chi connectivity index (χ4v) is 4.20. The van der Waals surface area contributed by atoms with Gasteiger partial charge in [0.05, 0.1) is 0 Å². The van der Waals surface area contributed by atoms with E-state index in [0.717, 1.165) is 33.4 Å². The van der Waals surface area contributed by atoms with Crippen LogP contribution in [0.2, 0.25) is 0 Å². The molecule has 4 aromatic rings. The zero-order valence-electron chi connectivity index (χ0n) is 18.6. The first kappa shape index (κ1) is 21.6. The standard InChI is InChI=1S/C29H24F2O/c1-17-9-18(2)12-23(11-17)25-15-21(5-7-27(25)30)29(32)22-6-8-28(31)26(16-22)24-13-19(3)10-20(4)14-24/h5-16H,1-4H3. The molecule has 3 heteroatoms. The molecule has 0 fully saturated rings. The number of benzene rings is 4. The van der Waals surface area contributed by atoms with Crippen LogP contribution in [-0.4, -0.2) is 5.78 Å². The number of carbonyl (C=O) groups excluding carboxylic acids is 1. The van der Waals surface area contributed by atoms with Gasteiger partial charge in [0.1, 0.15) is 11.6 Å². The topological polar surface area (TPSA) is 17.1 Å². The summed E-state index contributed by atoms with van der Waals surface area (Å²) in [7, 11) is 0. The predicted octanol–water partition coefficient (Wildman–Crippen LogP) is 7.76. The zero-order valence-corrected chi connectivity index (χ0v) is 18.6. The van der Waals surface area contributed by atoms with Crippen molar-refractivity contribution in [1.82, 2.24) is 0 Å². The molecule has 0 aliphatic heterocycles. The van der Waals surface area contributed by atoms with E-state index in [0.29, 0.717) is 22.3 Å². The van der Waals surface area contributed by atoms with Crippen molar-refractivity contribution in [1.29, 1.82) is 0 Å². The van der Waals surface area contributed by atoms with E-state index < -0.39 is 0 Å². The summed E-state index contributed by atoms with van der Waals surface area (Å²) in [6.07, 6.45) is 0. The smallest absolute Gasteiger partial charge is 0.193 e. The van der Waals surface area contributed by atoms with Gasteiger partial charge >= 0.3 is 0 Å². The van der Waals surface area contributed by atoms with Gasteiger partial charge in [0.2, 0.25) is 0 Å². The summed E-state index contributed by atoms with van der Waals surface area (Å²) < 4.78 is 29.3. The molecule has 0 unspecified atom stereocenters. The van der Waals surface area contributed by atoms with Gasteiger partial charge in [-0.15, -0.1) is 0 Å². The van der Waals surface area contributed by atoms with Crippen LogP contribution >= 0.6 is 0 Å². The molecule has 0 radical (unpaired) electrons. The number of ketones is 1. The van der Waals surface area contributed by atoms with Crippen LogP contribution in [-0.2, 0) is 0 Å². The van der Waals surface area contributed by atoms with Gasteiger partial charge in [-0.05, 0) is 75.2 Å². The van der Waals surface area contributed by atoms with Crippen molar-refractivity contribution in [3.8, 4) is 22.3 Å². The SMILES string of the molecule is Cc1cc(C)cc(-c2cc(C(=O)c3ccc(F)c(-c4cc(C)cc(C)c4)c3)ccc2F)c1. The molecule has 160 valence electrons. The molecule has 0 aliphatic carbocycles. The molecule has 0 N–H and O–H groups in total. The van der Waals surface area contributed by atoms with Crippen LogP contribution in [0, 0.1) is 39.3 Å². The number of hydrogen-bond acceptors (Lipinski definition) is 1. The Labute approximate surface area is 187 Å². The van der Waals surface area contributed by atoms with E-state index >= 15 is 0 Å². The lowest BCUT2D eigenvalue weighted by Gasteiger charge is -2.11. The van der Waals surface area contributed by atoms with E-state index in [1.165, 1.54) is 24.3 Å². The third-order valence-electron chi connectivity index (χ3n) is 5.52. The molecule has 0 amide bonds. The summed E-state index contributed by atoms with van der Waals surface area (Å²) in [6.45, 7) is 7.82. The van der Waals surface area contributed by atoms with Gasteiger partial charge in [-0.2, -0.15) is 0 Å². The van der Waals surface area contributed by atoms with Crippen LogP contribution in [0.3, 0.4) is 0 Å². The third-order valence-corrected chi connectivity index (χ3v) is 5.52. The van der Waals surface area contributed by atoms with Gasteiger partial charge in [-0.3, -0.25) is 4.79 Å². The van der Waals surface area contributed by atoms with Crippen LogP contribution in [0.1, 0.15) is 38.2 Å². The van der Waals surface area contributed by atoms with Crippen LogP contribution < -0.4 is 0 Å². The van der Waals surface area contributed by atoms with Crippen molar-refractivity contribution in [2.75, 3.05) is 0 Å². The first-order valence-electron chi connectivity index (χ1n) is 10.5. The van der Waals surface area contributed by atoms with Crippen molar-refractivity contribution in [2.24, 2.45) is 0 Å². The molecule has 4 rings (SSSR count). The zero-order chi connectivity index (χ0) is 23.0. The monoisotopic (exact) mass is 426 g/mol. The number of hydrogen-bond donors (Lipinski definition) is 0. The van der Waals surface area contributed by atoms with E-state index in [9.17, 15) is 13.6 Å². The highest BCUT2D eigenvalue weighted by Crippen LogP contribution is 2.29. The lowest BCUT2D eigenvalue weighted by Crippen LogP contribution is -2.03. The van der Waals surface area contributed by atoms with Crippen LogP contribution in [0.15, 0.2) is 72.8 Å². The molecule has 1 nitrogen and oxygen atoms in total. The summed E-state index contributed by atoms with van der Waals surface area (Å²) >= 11 is 0. The van der Waals surface area contributed by atoms with E-state index in [-0.39, 0.29) is 17.4 Å². The summed E-state index contributed by atoms with van der Waals surface area (Å²) in [5, 5.41) is 0. The molecule has 0 aromatic heterocycles. The maximum atomic E-state index is 14.6. The molecule has 4 aromatic carbocycles. The Kier molecular flexibility index (Phi) is 5.75. The minimum Gasteiger partial charge on any atom is -0.289 e. The summed E-state index contributed by atoms with van der Waals surface area (Å²) in [5.74, 6) is -1.05. The number of rotatable bonds is 4. The second-order valence-electron chi connectivity index (χ2n) is 8.47. The van der Waals surface area contributed by atoms with Crippen LogP contribution in [0.25, 0.3) is 22.3 Å². The van der Waals surface area contributed by atoms with Gasteiger partial charge in [0.15, 0.2) is 5.78 Å². The van der Waals surface area contributed by atoms with Crippen LogP contribution in [0.4, 0.5) is 8.78 Å². The Balaban J connectivity index is 1.77. The van der Waals surface area contributed by atoms with Crippen molar-refractivity contribution in [2.45, 2.75) is 27.7 Å².